The summed E-state index contributed by atoms with van der Waals surface area (Å²) in [6.07, 6.45) is 24.8. The Morgan fingerprint density at radius 3 is 2.31 bits per heavy atom. The lowest BCUT2D eigenvalue weighted by Crippen LogP contribution is -2.29. The molecule has 0 radical (unpaired) electrons. The molecule has 4 aromatic rings. The maximum atomic E-state index is 5.48. The van der Waals surface area contributed by atoms with Crippen LogP contribution < -0.4 is 11.1 Å². The molecule has 48 heavy (non-hydrogen) atoms. The molecular formula is C45H45N3. The summed E-state index contributed by atoms with van der Waals surface area (Å²) in [5, 5.41) is 3.69. The van der Waals surface area contributed by atoms with Gasteiger partial charge in [0.25, 0.3) is 0 Å². The lowest BCUT2D eigenvalue weighted by molar-refractivity contribution is 0.738. The second-order valence-corrected chi connectivity index (χ2v) is 11.8. The molecule has 0 aliphatic carbocycles. The highest BCUT2D eigenvalue weighted by Gasteiger charge is 2.22. The predicted octanol–water partition coefficient (Wildman–Crippen LogP) is 11.1. The van der Waals surface area contributed by atoms with Crippen LogP contribution in [0.25, 0.3) is 45.8 Å². The van der Waals surface area contributed by atoms with E-state index in [4.69, 9.17) is 5.73 Å². The Bertz CT molecular complexity index is 1990. The molecule has 3 heteroatoms. The Labute approximate surface area is 286 Å². The van der Waals surface area contributed by atoms with E-state index in [1.54, 1.807) is 0 Å². The van der Waals surface area contributed by atoms with E-state index in [2.05, 4.69) is 153 Å². The molecule has 1 aliphatic heterocycles. The third-order valence-corrected chi connectivity index (χ3v) is 8.93. The van der Waals surface area contributed by atoms with Crippen LogP contribution in [0.5, 0.6) is 0 Å². The Balaban J connectivity index is 1.60. The van der Waals surface area contributed by atoms with Crippen molar-refractivity contribution in [2.45, 2.75) is 33.2 Å². The van der Waals surface area contributed by atoms with Crippen molar-refractivity contribution in [3.05, 3.63) is 193 Å². The molecule has 1 aliphatic rings. The van der Waals surface area contributed by atoms with Crippen LogP contribution in [0.15, 0.2) is 165 Å². The molecular weight excluding hydrogens is 583 g/mol. The first-order valence-electron chi connectivity index (χ1n) is 16.4. The van der Waals surface area contributed by atoms with Gasteiger partial charge >= 0.3 is 0 Å². The number of hydrogen-bond donors (Lipinski definition) is 2. The number of dihydropyridines is 1. The minimum Gasteiger partial charge on any atom is -0.405 e. The summed E-state index contributed by atoms with van der Waals surface area (Å²) in [7, 11) is 0. The van der Waals surface area contributed by atoms with Crippen LogP contribution in [-0.2, 0) is 0 Å². The summed E-state index contributed by atoms with van der Waals surface area (Å²) >= 11 is 0. The maximum absolute atomic E-state index is 5.48. The summed E-state index contributed by atoms with van der Waals surface area (Å²) in [6, 6.07) is 25.9. The van der Waals surface area contributed by atoms with Crippen molar-refractivity contribution >= 4 is 17.7 Å². The fourth-order valence-corrected chi connectivity index (χ4v) is 6.22. The third-order valence-electron chi connectivity index (χ3n) is 8.93. The Morgan fingerprint density at radius 1 is 0.896 bits per heavy atom. The van der Waals surface area contributed by atoms with Crippen molar-refractivity contribution in [1.82, 2.24) is 9.88 Å². The van der Waals surface area contributed by atoms with Crippen LogP contribution >= 0.6 is 0 Å². The monoisotopic (exact) mass is 627 g/mol. The van der Waals surface area contributed by atoms with Crippen molar-refractivity contribution < 1.29 is 0 Å². The van der Waals surface area contributed by atoms with Gasteiger partial charge in [0, 0.05) is 29.1 Å². The number of nitrogens with one attached hydrogen (secondary N) is 1. The van der Waals surface area contributed by atoms with Gasteiger partial charge in [0.1, 0.15) is 0 Å². The normalized spacial score (nSPS) is 15.1. The van der Waals surface area contributed by atoms with Crippen molar-refractivity contribution in [2.75, 3.05) is 0 Å². The van der Waals surface area contributed by atoms with Gasteiger partial charge in [-0.05, 0) is 108 Å². The first kappa shape index (κ1) is 33.6. The van der Waals surface area contributed by atoms with Gasteiger partial charge in [-0.2, -0.15) is 0 Å². The molecule has 5 rings (SSSR count). The molecule has 0 saturated carbocycles. The zero-order chi connectivity index (χ0) is 34.0. The zero-order valence-electron chi connectivity index (χ0n) is 28.3. The van der Waals surface area contributed by atoms with Crippen LogP contribution in [0.4, 0.5) is 0 Å². The summed E-state index contributed by atoms with van der Waals surface area (Å²) < 4.78 is 2.38. The van der Waals surface area contributed by atoms with Crippen molar-refractivity contribution in [3.8, 4) is 28.1 Å². The van der Waals surface area contributed by atoms with Crippen molar-refractivity contribution in [1.29, 1.82) is 0 Å². The number of rotatable bonds is 12. The van der Waals surface area contributed by atoms with E-state index in [1.807, 2.05) is 37.3 Å². The second kappa shape index (κ2) is 15.7. The molecule has 2 heterocycles. The van der Waals surface area contributed by atoms with Gasteiger partial charge in [0.05, 0.1) is 11.7 Å². The number of nitrogens with two attached hydrogens (primary N) is 1. The SMILES string of the molecule is C=C/C(=C\C)c1ccc(-c2ccc(-c3c(C)c(C)c(/C=C(\C=C)C4C=CC=C(C/C=C\C=C/N)N4)n3-c3ccccc3)c(C=C)c2)cc1. The third kappa shape index (κ3) is 7.11. The number of aromatic nitrogens is 1. The molecule has 0 amide bonds. The molecule has 3 N–H and O–H groups in total. The molecule has 3 nitrogen and oxygen atoms in total. The molecule has 1 aromatic heterocycles. The van der Waals surface area contributed by atoms with Gasteiger partial charge in [0.2, 0.25) is 0 Å². The van der Waals surface area contributed by atoms with E-state index in [-0.39, 0.29) is 6.04 Å². The van der Waals surface area contributed by atoms with E-state index < -0.39 is 0 Å². The first-order chi connectivity index (χ1) is 23.4. The summed E-state index contributed by atoms with van der Waals surface area (Å²) in [4.78, 5) is 0. The van der Waals surface area contributed by atoms with Gasteiger partial charge in [-0.1, -0.05) is 123 Å². The molecule has 1 unspecified atom stereocenters. The predicted molar refractivity (Wildman–Crippen MR) is 209 cm³/mol. The molecule has 0 fully saturated rings. The van der Waals surface area contributed by atoms with Crippen LogP contribution in [0.3, 0.4) is 0 Å². The zero-order valence-corrected chi connectivity index (χ0v) is 28.3. The minimum atomic E-state index is -0.00647. The van der Waals surface area contributed by atoms with E-state index in [1.165, 1.54) is 17.3 Å². The van der Waals surface area contributed by atoms with Gasteiger partial charge in [-0.15, -0.1) is 0 Å². The number of benzene rings is 3. The molecule has 0 bridgehead atoms. The summed E-state index contributed by atoms with van der Waals surface area (Å²) in [6.45, 7) is 18.9. The maximum Gasteiger partial charge on any atom is 0.0698 e. The van der Waals surface area contributed by atoms with Gasteiger partial charge in [-0.25, -0.2) is 0 Å². The number of hydrogen-bond acceptors (Lipinski definition) is 2. The van der Waals surface area contributed by atoms with Gasteiger partial charge in [-0.3, -0.25) is 0 Å². The smallest absolute Gasteiger partial charge is 0.0698 e. The number of para-hydroxylation sites is 1. The highest BCUT2D eigenvalue weighted by Crippen LogP contribution is 2.39. The minimum absolute atomic E-state index is 0.00647. The van der Waals surface area contributed by atoms with E-state index in [0.29, 0.717) is 0 Å². The lowest BCUT2D eigenvalue weighted by atomic mass is 9.94. The van der Waals surface area contributed by atoms with E-state index >= 15 is 0 Å². The Kier molecular flexibility index (Phi) is 11.0. The quantitative estimate of drug-likeness (QED) is 0.154. The van der Waals surface area contributed by atoms with Crippen molar-refractivity contribution in [3.63, 3.8) is 0 Å². The van der Waals surface area contributed by atoms with E-state index in [9.17, 15) is 0 Å². The lowest BCUT2D eigenvalue weighted by Gasteiger charge is -2.23. The van der Waals surface area contributed by atoms with Crippen LogP contribution in [0.1, 0.15) is 41.3 Å². The average Bonchev–Trinajstić information content (AvgIpc) is 3.38. The standard InChI is InChI=1S/C45H45N3/c1-7-34(8-2)37-23-25-38(26-24-37)39-27-28-42(35(9-3)30-39)45-33(6)32(5)44(48(45)41-20-14-11-15-21-41)31-36(10-4)43-22-17-19-40(47-43)18-13-12-16-29-46/h7-17,19-31,43,47H,1,3-4,18,46H2,2,5-6H3/b13-12-,29-16-,34-8+,36-31+. The molecule has 0 saturated heterocycles. The van der Waals surface area contributed by atoms with Crippen LogP contribution in [0, 0.1) is 13.8 Å². The average molecular weight is 628 g/mol. The fourth-order valence-electron chi connectivity index (χ4n) is 6.22. The fraction of sp³-hybridized carbons (Fsp3) is 0.111. The molecule has 1 atom stereocenters. The van der Waals surface area contributed by atoms with Gasteiger partial charge in [0.15, 0.2) is 0 Å². The van der Waals surface area contributed by atoms with E-state index in [0.717, 1.165) is 68.2 Å². The highest BCUT2D eigenvalue weighted by molar-refractivity contribution is 5.84. The van der Waals surface area contributed by atoms with Crippen LogP contribution in [-0.4, -0.2) is 10.6 Å². The largest absolute Gasteiger partial charge is 0.405 e. The Hall–Kier alpha value is -5.80. The second-order valence-electron chi connectivity index (χ2n) is 11.8. The number of allylic oxidation sites excluding steroid dienone is 8. The summed E-state index contributed by atoms with van der Waals surface area (Å²) in [5.41, 5.74) is 20.3. The van der Waals surface area contributed by atoms with Gasteiger partial charge < -0.3 is 15.6 Å². The van der Waals surface area contributed by atoms with Crippen molar-refractivity contribution in [2.24, 2.45) is 5.73 Å². The molecule has 3 aromatic carbocycles. The molecule has 0 spiro atoms. The topological polar surface area (TPSA) is 43.0 Å². The molecule has 240 valence electrons. The first-order valence-corrected chi connectivity index (χ1v) is 16.4. The highest BCUT2D eigenvalue weighted by atomic mass is 15.0. The Morgan fingerprint density at radius 2 is 1.65 bits per heavy atom. The van der Waals surface area contributed by atoms with Crippen LogP contribution in [0.2, 0.25) is 0 Å². The number of nitrogens with zero attached hydrogens (tertiary/aromatic N) is 1. The summed E-state index contributed by atoms with van der Waals surface area (Å²) in [5.74, 6) is 0.